The number of hydrogen-bond donors (Lipinski definition) is 0. The van der Waals surface area contributed by atoms with E-state index in [-0.39, 0.29) is 5.41 Å². The van der Waals surface area contributed by atoms with Gasteiger partial charge in [-0.3, -0.25) is 0 Å². The van der Waals surface area contributed by atoms with Crippen LogP contribution in [0.1, 0.15) is 36.1 Å². The van der Waals surface area contributed by atoms with Crippen molar-refractivity contribution in [1.29, 1.82) is 0 Å². The van der Waals surface area contributed by atoms with Crippen LogP contribution in [-0.2, 0) is 5.41 Å². The summed E-state index contributed by atoms with van der Waals surface area (Å²) in [4.78, 5) is 2.41. The third kappa shape index (κ3) is 5.21. The van der Waals surface area contributed by atoms with Gasteiger partial charge in [0.2, 0.25) is 0 Å². The smallest absolute Gasteiger partial charge is 0.0465 e. The number of aryl methyl sites for hydroxylation is 2. The number of benzene rings is 9. The molecule has 1 aromatic heterocycles. The molecule has 10 aromatic rings. The molecule has 0 unspecified atom stereocenters. The predicted molar refractivity (Wildman–Crippen MR) is 247 cm³/mol. The van der Waals surface area contributed by atoms with Gasteiger partial charge in [0.1, 0.15) is 0 Å². The third-order valence-corrected chi connectivity index (χ3v) is 13.6. The van der Waals surface area contributed by atoms with Gasteiger partial charge in [0.25, 0.3) is 0 Å². The Morgan fingerprint density at radius 1 is 0.404 bits per heavy atom. The fourth-order valence-corrected chi connectivity index (χ4v) is 10.9. The van der Waals surface area contributed by atoms with Crippen LogP contribution in [0.3, 0.4) is 0 Å². The van der Waals surface area contributed by atoms with Crippen molar-refractivity contribution in [3.63, 3.8) is 0 Å². The van der Waals surface area contributed by atoms with Gasteiger partial charge in [-0.25, -0.2) is 0 Å². The molecule has 1 heterocycles. The lowest BCUT2D eigenvalue weighted by Gasteiger charge is -2.28. The Hall–Kier alpha value is -6.48. The molecule has 0 aliphatic heterocycles. The van der Waals surface area contributed by atoms with Crippen molar-refractivity contribution in [1.82, 2.24) is 0 Å². The van der Waals surface area contributed by atoms with Crippen molar-refractivity contribution < 1.29 is 0 Å². The maximum Gasteiger partial charge on any atom is 0.0465 e. The molecule has 0 saturated heterocycles. The maximum absolute atomic E-state index is 2.49. The van der Waals surface area contributed by atoms with E-state index in [4.69, 9.17) is 0 Å². The van der Waals surface area contributed by atoms with E-state index < -0.39 is 0 Å². The lowest BCUT2D eigenvalue weighted by atomic mass is 9.80. The summed E-state index contributed by atoms with van der Waals surface area (Å²) in [6.45, 7) is 9.15. The van der Waals surface area contributed by atoms with E-state index in [0.29, 0.717) is 0 Å². The largest absolute Gasteiger partial charge is 0.310 e. The molecular weight excluding hydrogens is 707 g/mol. The lowest BCUT2D eigenvalue weighted by Crippen LogP contribution is -2.16. The number of hydrogen-bond acceptors (Lipinski definition) is 2. The highest BCUT2D eigenvalue weighted by atomic mass is 32.1. The topological polar surface area (TPSA) is 3.24 Å². The van der Waals surface area contributed by atoms with Gasteiger partial charge in [0, 0.05) is 48.2 Å². The van der Waals surface area contributed by atoms with Crippen molar-refractivity contribution in [3.8, 4) is 33.4 Å². The molecule has 0 fully saturated rings. The summed E-state index contributed by atoms with van der Waals surface area (Å²) in [6.07, 6.45) is 0. The zero-order valence-corrected chi connectivity index (χ0v) is 33.4. The second-order valence-corrected chi connectivity index (χ2v) is 17.3. The highest BCUT2D eigenvalue weighted by Gasteiger charge is 2.36. The first-order valence-corrected chi connectivity index (χ1v) is 20.7. The van der Waals surface area contributed by atoms with Crippen LogP contribution >= 0.6 is 11.3 Å². The van der Waals surface area contributed by atoms with E-state index in [1.54, 1.807) is 0 Å². The molecule has 57 heavy (non-hydrogen) atoms. The van der Waals surface area contributed by atoms with Crippen LogP contribution in [0.2, 0.25) is 0 Å². The molecule has 1 aliphatic rings. The normalized spacial score (nSPS) is 13.1. The highest BCUT2D eigenvalue weighted by molar-refractivity contribution is 7.26. The average Bonchev–Trinajstić information content (AvgIpc) is 3.72. The Morgan fingerprint density at radius 3 is 1.54 bits per heavy atom. The first-order chi connectivity index (χ1) is 27.8. The van der Waals surface area contributed by atoms with Gasteiger partial charge in [-0.1, -0.05) is 141 Å². The molecule has 1 nitrogen and oxygen atoms in total. The van der Waals surface area contributed by atoms with E-state index in [0.717, 1.165) is 0 Å². The minimum Gasteiger partial charge on any atom is -0.310 e. The van der Waals surface area contributed by atoms with Gasteiger partial charge >= 0.3 is 0 Å². The zero-order valence-electron chi connectivity index (χ0n) is 32.6. The molecule has 9 aromatic carbocycles. The number of fused-ring (bicyclic) bond motifs is 8. The van der Waals surface area contributed by atoms with Crippen molar-refractivity contribution in [2.24, 2.45) is 0 Å². The zero-order chi connectivity index (χ0) is 38.4. The molecule has 0 amide bonds. The first-order valence-electron chi connectivity index (χ1n) is 19.9. The van der Waals surface area contributed by atoms with Gasteiger partial charge in [-0.05, 0) is 134 Å². The molecule has 0 radical (unpaired) electrons. The van der Waals surface area contributed by atoms with Crippen LogP contribution in [0, 0.1) is 13.8 Å². The predicted octanol–water partition coefficient (Wildman–Crippen LogP) is 16.1. The van der Waals surface area contributed by atoms with Crippen LogP contribution in [0.15, 0.2) is 176 Å². The number of nitrogens with zero attached hydrogens (tertiary/aromatic N) is 1. The Bertz CT molecular complexity index is 3150. The summed E-state index contributed by atoms with van der Waals surface area (Å²) >= 11 is 1.91. The minimum atomic E-state index is -0.204. The number of rotatable bonds is 5. The quantitative estimate of drug-likeness (QED) is 0.159. The van der Waals surface area contributed by atoms with Gasteiger partial charge < -0.3 is 4.90 Å². The Balaban J connectivity index is 1.09. The molecule has 0 atom stereocenters. The van der Waals surface area contributed by atoms with E-state index in [1.165, 1.54) is 114 Å². The monoisotopic (exact) mass is 747 g/mol. The maximum atomic E-state index is 2.49. The van der Waals surface area contributed by atoms with E-state index >= 15 is 0 Å². The van der Waals surface area contributed by atoms with Crippen LogP contribution in [-0.4, -0.2) is 0 Å². The SMILES string of the molecule is Cc1cccc(N(c2cccc(C)c2)c2ccc3c(c2)C(C)(C)c2cc(-c4c5ccccc5c(-c5cccc6c5sc5ccccc56)c5ccccc45)ccc2-3)c1. The summed E-state index contributed by atoms with van der Waals surface area (Å²) in [7, 11) is 0. The number of anilines is 3. The fourth-order valence-electron chi connectivity index (χ4n) is 9.68. The van der Waals surface area contributed by atoms with Crippen molar-refractivity contribution in [2.75, 3.05) is 4.90 Å². The summed E-state index contributed by atoms with van der Waals surface area (Å²) in [5, 5.41) is 7.80. The van der Waals surface area contributed by atoms with Gasteiger partial charge in [0.15, 0.2) is 0 Å². The minimum absolute atomic E-state index is 0.204. The van der Waals surface area contributed by atoms with E-state index in [2.05, 4.69) is 209 Å². The fraction of sp³-hybridized carbons (Fsp3) is 0.0909. The van der Waals surface area contributed by atoms with Gasteiger partial charge in [-0.15, -0.1) is 11.3 Å². The van der Waals surface area contributed by atoms with Crippen LogP contribution < -0.4 is 4.90 Å². The van der Waals surface area contributed by atoms with Gasteiger partial charge in [0.05, 0.1) is 0 Å². The summed E-state index contributed by atoms with van der Waals surface area (Å²) < 4.78 is 2.68. The Labute approximate surface area is 338 Å². The number of thiophene rings is 1. The van der Waals surface area contributed by atoms with Crippen molar-refractivity contribution >= 4 is 70.1 Å². The molecule has 1 aliphatic carbocycles. The van der Waals surface area contributed by atoms with Crippen LogP contribution in [0.5, 0.6) is 0 Å². The van der Waals surface area contributed by atoms with Crippen molar-refractivity contribution in [3.05, 3.63) is 198 Å². The summed E-state index contributed by atoms with van der Waals surface area (Å²) in [6, 6.07) is 65.8. The third-order valence-electron chi connectivity index (χ3n) is 12.3. The molecular formula is C55H41NS. The molecule has 0 N–H and O–H groups in total. The molecule has 0 saturated carbocycles. The lowest BCUT2D eigenvalue weighted by molar-refractivity contribution is 0.660. The molecule has 2 heteroatoms. The standard InChI is InChI=1S/C55H41NS/c1-34-14-11-16-37(30-34)56(38-17-12-15-35(2)31-38)39-27-29-41-40-28-26-36(32-49(40)55(3,4)50(41)33-39)52-43-19-5-7-21-45(43)53(46-22-8-6-20-44(46)52)48-24-13-23-47-42-18-9-10-25-51(42)57-54(47)48/h5-33H,1-4H3. The average molecular weight is 748 g/mol. The molecule has 11 rings (SSSR count). The van der Waals surface area contributed by atoms with E-state index in [1.807, 2.05) is 11.3 Å². The molecule has 0 bridgehead atoms. The van der Waals surface area contributed by atoms with Crippen molar-refractivity contribution in [2.45, 2.75) is 33.1 Å². The van der Waals surface area contributed by atoms with Crippen LogP contribution in [0.25, 0.3) is 75.1 Å². The molecule has 0 spiro atoms. The second-order valence-electron chi connectivity index (χ2n) is 16.3. The highest BCUT2D eigenvalue weighted by Crippen LogP contribution is 2.53. The van der Waals surface area contributed by atoms with Crippen LogP contribution in [0.4, 0.5) is 17.1 Å². The second kappa shape index (κ2) is 12.8. The van der Waals surface area contributed by atoms with E-state index in [9.17, 15) is 0 Å². The summed E-state index contributed by atoms with van der Waals surface area (Å²) in [5.74, 6) is 0. The molecule has 272 valence electrons. The Kier molecular flexibility index (Phi) is 7.58. The Morgan fingerprint density at radius 2 is 0.912 bits per heavy atom. The summed E-state index contributed by atoms with van der Waals surface area (Å²) in [5.41, 5.74) is 16.4. The first kappa shape index (κ1) is 33.8. The van der Waals surface area contributed by atoms with Gasteiger partial charge in [-0.2, -0.15) is 0 Å².